The van der Waals surface area contributed by atoms with E-state index < -0.39 is 58.4 Å². The van der Waals surface area contributed by atoms with Crippen LogP contribution in [0.25, 0.3) is 0 Å². The summed E-state index contributed by atoms with van der Waals surface area (Å²) in [6.07, 6.45) is 0. The lowest BCUT2D eigenvalue weighted by atomic mass is 9.86. The SMILES string of the molecule is COC(=O)[C@@H]1N[C@H](c2ccc(F)c(Cl)c2F)[C@@H]2C(=O)N(C)C(=O)[C@@H]21. The molecule has 0 bridgehead atoms. The molecule has 6 nitrogen and oxygen atoms in total. The molecule has 2 heterocycles. The Hall–Kier alpha value is -2.06. The van der Waals surface area contributed by atoms with E-state index in [0.717, 1.165) is 24.1 Å². The molecule has 0 saturated carbocycles. The predicted molar refractivity (Wildman–Crippen MR) is 77.8 cm³/mol. The van der Waals surface area contributed by atoms with Gasteiger partial charge in [0.05, 0.1) is 18.9 Å². The van der Waals surface area contributed by atoms with Crippen molar-refractivity contribution >= 4 is 29.4 Å². The first kappa shape index (κ1) is 16.8. The number of hydrogen-bond donors (Lipinski definition) is 1. The highest BCUT2D eigenvalue weighted by molar-refractivity contribution is 6.31. The van der Waals surface area contributed by atoms with Crippen LogP contribution < -0.4 is 5.32 Å². The van der Waals surface area contributed by atoms with E-state index >= 15 is 0 Å². The number of fused-ring (bicyclic) bond motifs is 1. The van der Waals surface area contributed by atoms with Crippen molar-refractivity contribution in [1.29, 1.82) is 0 Å². The number of imide groups is 1. The molecule has 128 valence electrons. The van der Waals surface area contributed by atoms with Gasteiger partial charge in [0.2, 0.25) is 11.8 Å². The number of nitrogens with one attached hydrogen (secondary N) is 1. The largest absolute Gasteiger partial charge is 0.468 e. The van der Waals surface area contributed by atoms with Crippen LogP contribution in [0.4, 0.5) is 8.78 Å². The maximum atomic E-state index is 14.4. The number of amides is 2. The van der Waals surface area contributed by atoms with Crippen molar-refractivity contribution in [1.82, 2.24) is 10.2 Å². The number of hydrogen-bond acceptors (Lipinski definition) is 5. The minimum atomic E-state index is -1.10. The maximum absolute atomic E-state index is 14.4. The normalized spacial score (nSPS) is 29.1. The quantitative estimate of drug-likeness (QED) is 0.485. The lowest BCUT2D eigenvalue weighted by Crippen LogP contribution is -2.42. The summed E-state index contributed by atoms with van der Waals surface area (Å²) in [5.41, 5.74) is -0.0840. The van der Waals surface area contributed by atoms with Crippen molar-refractivity contribution in [2.24, 2.45) is 11.8 Å². The molecule has 1 N–H and O–H groups in total. The Morgan fingerprint density at radius 1 is 1.25 bits per heavy atom. The summed E-state index contributed by atoms with van der Waals surface area (Å²) in [5, 5.41) is 2.05. The van der Waals surface area contributed by atoms with E-state index in [9.17, 15) is 23.2 Å². The van der Waals surface area contributed by atoms with Gasteiger partial charge in [0, 0.05) is 18.7 Å². The zero-order valence-electron chi connectivity index (χ0n) is 12.7. The van der Waals surface area contributed by atoms with Crippen molar-refractivity contribution in [2.75, 3.05) is 14.2 Å². The monoisotopic (exact) mass is 358 g/mol. The van der Waals surface area contributed by atoms with Crippen LogP contribution in [0.1, 0.15) is 11.6 Å². The number of esters is 1. The van der Waals surface area contributed by atoms with Gasteiger partial charge in [-0.25, -0.2) is 8.78 Å². The van der Waals surface area contributed by atoms with Crippen LogP contribution in [0.3, 0.4) is 0 Å². The summed E-state index contributed by atoms with van der Waals surface area (Å²) < 4.78 is 32.4. The molecule has 0 unspecified atom stereocenters. The van der Waals surface area contributed by atoms with Crippen LogP contribution in [0.2, 0.25) is 5.02 Å². The van der Waals surface area contributed by atoms with Gasteiger partial charge in [-0.3, -0.25) is 24.6 Å². The molecule has 2 fully saturated rings. The van der Waals surface area contributed by atoms with Gasteiger partial charge in [0.25, 0.3) is 0 Å². The van der Waals surface area contributed by atoms with Gasteiger partial charge in [0.1, 0.15) is 22.7 Å². The first-order valence-electron chi connectivity index (χ1n) is 7.08. The van der Waals surface area contributed by atoms with Crippen LogP contribution in [-0.2, 0) is 19.1 Å². The van der Waals surface area contributed by atoms with Crippen LogP contribution in [-0.4, -0.2) is 42.9 Å². The molecule has 2 aliphatic rings. The number of benzene rings is 1. The highest BCUT2D eigenvalue weighted by atomic mass is 35.5. The van der Waals surface area contributed by atoms with Gasteiger partial charge in [0.15, 0.2) is 0 Å². The second kappa shape index (κ2) is 5.78. The molecule has 0 aliphatic carbocycles. The van der Waals surface area contributed by atoms with E-state index in [1.165, 1.54) is 7.05 Å². The highest BCUT2D eigenvalue weighted by Gasteiger charge is 2.60. The highest BCUT2D eigenvalue weighted by Crippen LogP contribution is 2.45. The van der Waals surface area contributed by atoms with Gasteiger partial charge in [-0.15, -0.1) is 0 Å². The lowest BCUT2D eigenvalue weighted by Gasteiger charge is -2.20. The molecule has 3 rings (SSSR count). The Morgan fingerprint density at radius 3 is 2.50 bits per heavy atom. The fraction of sp³-hybridized carbons (Fsp3) is 0.400. The molecule has 2 aliphatic heterocycles. The zero-order chi connectivity index (χ0) is 17.8. The van der Waals surface area contributed by atoms with Gasteiger partial charge in [-0.1, -0.05) is 17.7 Å². The van der Waals surface area contributed by atoms with Crippen LogP contribution in [0.5, 0.6) is 0 Å². The Labute approximate surface area is 140 Å². The van der Waals surface area contributed by atoms with Crippen molar-refractivity contribution in [2.45, 2.75) is 12.1 Å². The van der Waals surface area contributed by atoms with E-state index in [4.69, 9.17) is 11.6 Å². The zero-order valence-corrected chi connectivity index (χ0v) is 13.4. The summed E-state index contributed by atoms with van der Waals surface area (Å²) in [7, 11) is 2.44. The predicted octanol–water partition coefficient (Wildman–Crippen LogP) is 1.04. The van der Waals surface area contributed by atoms with E-state index in [2.05, 4.69) is 10.1 Å². The maximum Gasteiger partial charge on any atom is 0.323 e. The number of methoxy groups -OCH3 is 1. The number of ether oxygens (including phenoxy) is 1. The van der Waals surface area contributed by atoms with E-state index in [1.54, 1.807) is 0 Å². The molecule has 1 aromatic rings. The van der Waals surface area contributed by atoms with Crippen molar-refractivity contribution < 1.29 is 27.9 Å². The molecular formula is C15H13ClF2N2O4. The van der Waals surface area contributed by atoms with E-state index in [1.807, 2.05) is 0 Å². The third-order valence-corrected chi connectivity index (χ3v) is 4.90. The fourth-order valence-corrected chi connectivity index (χ4v) is 3.54. The van der Waals surface area contributed by atoms with Gasteiger partial charge >= 0.3 is 5.97 Å². The Balaban J connectivity index is 2.09. The van der Waals surface area contributed by atoms with Crippen LogP contribution in [0.15, 0.2) is 12.1 Å². The summed E-state index contributed by atoms with van der Waals surface area (Å²) >= 11 is 5.59. The van der Waals surface area contributed by atoms with Gasteiger partial charge in [-0.05, 0) is 6.07 Å². The summed E-state index contributed by atoms with van der Waals surface area (Å²) in [6, 6.07) is 0.00253. The first-order valence-corrected chi connectivity index (χ1v) is 7.46. The van der Waals surface area contributed by atoms with E-state index in [0.29, 0.717) is 0 Å². The summed E-state index contributed by atoms with van der Waals surface area (Å²) in [4.78, 5) is 37.5. The number of halogens is 3. The minimum absolute atomic E-state index is 0.0840. The molecule has 4 atom stereocenters. The molecule has 2 amide bonds. The minimum Gasteiger partial charge on any atom is -0.468 e. The van der Waals surface area contributed by atoms with Crippen LogP contribution >= 0.6 is 11.6 Å². The average Bonchev–Trinajstić information content (AvgIpc) is 3.05. The number of carbonyl (C=O) groups excluding carboxylic acids is 3. The second-order valence-corrected chi connectivity index (χ2v) is 6.07. The summed E-state index contributed by atoms with van der Waals surface area (Å²) in [5.74, 6) is -5.82. The number of likely N-dealkylation sites (tertiary alicyclic amines) is 1. The third-order valence-electron chi connectivity index (χ3n) is 4.55. The van der Waals surface area contributed by atoms with Crippen LogP contribution in [0, 0.1) is 23.5 Å². The molecule has 0 aromatic heterocycles. The average molecular weight is 359 g/mol. The summed E-state index contributed by atoms with van der Waals surface area (Å²) in [6.45, 7) is 0. The number of carbonyl (C=O) groups is 3. The number of rotatable bonds is 2. The van der Waals surface area contributed by atoms with E-state index in [-0.39, 0.29) is 5.56 Å². The standard InChI is InChI=1S/C15H13ClF2N2O4/c1-20-13(21)7-8(14(20)22)12(15(23)24-2)19-11(7)5-3-4-6(17)9(16)10(5)18/h3-4,7-8,11-12,19H,1-2H3/t7-,8+,11-,12-/m1/s1. The fourth-order valence-electron chi connectivity index (χ4n) is 3.37. The van der Waals surface area contributed by atoms with Crippen molar-refractivity contribution in [3.63, 3.8) is 0 Å². The molecule has 24 heavy (non-hydrogen) atoms. The second-order valence-electron chi connectivity index (χ2n) is 5.70. The Morgan fingerprint density at radius 2 is 1.88 bits per heavy atom. The topological polar surface area (TPSA) is 75.7 Å². The molecule has 1 aromatic carbocycles. The van der Waals surface area contributed by atoms with Crippen molar-refractivity contribution in [3.05, 3.63) is 34.4 Å². The Bertz CT molecular complexity index is 757. The Kier molecular flexibility index (Phi) is 4.05. The first-order chi connectivity index (χ1) is 11.3. The lowest BCUT2D eigenvalue weighted by molar-refractivity contribution is -0.147. The van der Waals surface area contributed by atoms with Crippen molar-refractivity contribution in [3.8, 4) is 0 Å². The van der Waals surface area contributed by atoms with Gasteiger partial charge in [-0.2, -0.15) is 0 Å². The smallest absolute Gasteiger partial charge is 0.323 e. The molecule has 0 radical (unpaired) electrons. The molecular weight excluding hydrogens is 346 g/mol. The molecule has 2 saturated heterocycles. The third kappa shape index (κ3) is 2.21. The number of nitrogens with zero attached hydrogens (tertiary/aromatic N) is 1. The molecule has 0 spiro atoms. The molecule has 9 heteroatoms. The van der Waals surface area contributed by atoms with Gasteiger partial charge < -0.3 is 4.74 Å².